The second-order valence-corrected chi connectivity index (χ2v) is 8.35. The van der Waals surface area contributed by atoms with Crippen molar-refractivity contribution in [2.75, 3.05) is 32.8 Å². The highest BCUT2D eigenvalue weighted by molar-refractivity contribution is 5.81. The van der Waals surface area contributed by atoms with Crippen LogP contribution in [0.2, 0.25) is 0 Å². The maximum atomic E-state index is 13.2. The third kappa shape index (κ3) is 4.27. The van der Waals surface area contributed by atoms with Crippen LogP contribution in [0.1, 0.15) is 37.2 Å². The summed E-state index contributed by atoms with van der Waals surface area (Å²) in [7, 11) is 0. The van der Waals surface area contributed by atoms with Crippen molar-refractivity contribution in [3.8, 4) is 6.07 Å². The number of likely N-dealkylation sites (tertiary alicyclic amines) is 2. The molecular formula is C22H26FN3O3. The number of halogens is 1. The number of hydrogen-bond acceptors (Lipinski definition) is 4. The number of amides is 2. The molecule has 0 N–H and O–H groups in total. The SMILES string of the molecule is N#CC(c1ccc(F)cc1)C1CCN(C(=O)N2CC[C@@H]3OCC(=O)C[C@@H]3C2)CC1. The van der Waals surface area contributed by atoms with Crippen molar-refractivity contribution in [2.45, 2.75) is 37.7 Å². The van der Waals surface area contributed by atoms with Crippen LogP contribution >= 0.6 is 0 Å². The molecule has 0 bridgehead atoms. The van der Waals surface area contributed by atoms with Gasteiger partial charge in [0.1, 0.15) is 12.4 Å². The zero-order valence-corrected chi connectivity index (χ0v) is 16.4. The first-order chi connectivity index (χ1) is 14.0. The summed E-state index contributed by atoms with van der Waals surface area (Å²) < 4.78 is 18.8. The number of nitriles is 1. The van der Waals surface area contributed by atoms with E-state index in [-0.39, 0.29) is 48.1 Å². The monoisotopic (exact) mass is 399 g/mol. The molecule has 0 spiro atoms. The number of Topliss-reactive ketones (excluding diaryl/α,β-unsaturated/α-hetero) is 1. The highest BCUT2D eigenvalue weighted by atomic mass is 19.1. The van der Waals surface area contributed by atoms with E-state index in [0.29, 0.717) is 32.6 Å². The van der Waals surface area contributed by atoms with Gasteiger partial charge in [-0.2, -0.15) is 5.26 Å². The van der Waals surface area contributed by atoms with Crippen LogP contribution in [0.4, 0.5) is 9.18 Å². The minimum Gasteiger partial charge on any atom is -0.370 e. The molecule has 3 aliphatic heterocycles. The number of piperidine rings is 2. The fourth-order valence-corrected chi connectivity index (χ4v) is 4.90. The molecule has 1 aromatic rings. The Morgan fingerprint density at radius 2 is 1.83 bits per heavy atom. The molecule has 0 saturated carbocycles. The normalized spacial score (nSPS) is 26.6. The van der Waals surface area contributed by atoms with Crippen molar-refractivity contribution in [3.63, 3.8) is 0 Å². The molecule has 0 aliphatic carbocycles. The lowest BCUT2D eigenvalue weighted by Gasteiger charge is -2.43. The highest BCUT2D eigenvalue weighted by Crippen LogP contribution is 2.33. The number of carbonyl (C=O) groups excluding carboxylic acids is 2. The van der Waals surface area contributed by atoms with E-state index in [0.717, 1.165) is 24.8 Å². The Morgan fingerprint density at radius 3 is 2.52 bits per heavy atom. The predicted molar refractivity (Wildman–Crippen MR) is 103 cm³/mol. The highest BCUT2D eigenvalue weighted by Gasteiger charge is 2.38. The first-order valence-electron chi connectivity index (χ1n) is 10.4. The molecule has 0 aromatic heterocycles. The number of benzene rings is 1. The zero-order valence-electron chi connectivity index (χ0n) is 16.4. The predicted octanol–water partition coefficient (Wildman–Crippen LogP) is 2.94. The van der Waals surface area contributed by atoms with Gasteiger partial charge in [-0.25, -0.2) is 9.18 Å². The van der Waals surface area contributed by atoms with E-state index in [4.69, 9.17) is 4.74 Å². The lowest BCUT2D eigenvalue weighted by atomic mass is 9.81. The van der Waals surface area contributed by atoms with Gasteiger partial charge in [-0.15, -0.1) is 0 Å². The molecule has 7 heteroatoms. The van der Waals surface area contributed by atoms with Crippen molar-refractivity contribution >= 4 is 11.8 Å². The molecule has 0 radical (unpaired) electrons. The Labute approximate surface area is 170 Å². The lowest BCUT2D eigenvalue weighted by molar-refractivity contribution is -0.140. The third-order valence-corrected chi connectivity index (χ3v) is 6.53. The number of carbonyl (C=O) groups is 2. The molecule has 3 fully saturated rings. The summed E-state index contributed by atoms with van der Waals surface area (Å²) >= 11 is 0. The van der Waals surface area contributed by atoms with E-state index < -0.39 is 0 Å². The van der Waals surface area contributed by atoms with Gasteiger partial charge in [-0.1, -0.05) is 12.1 Å². The van der Waals surface area contributed by atoms with Crippen LogP contribution in [0.5, 0.6) is 0 Å². The van der Waals surface area contributed by atoms with Crippen molar-refractivity contribution < 1.29 is 18.7 Å². The number of rotatable bonds is 2. The van der Waals surface area contributed by atoms with E-state index in [9.17, 15) is 19.2 Å². The van der Waals surface area contributed by atoms with Crippen LogP contribution in [-0.4, -0.2) is 60.5 Å². The van der Waals surface area contributed by atoms with Gasteiger partial charge < -0.3 is 14.5 Å². The van der Waals surface area contributed by atoms with Crippen LogP contribution in [0.25, 0.3) is 0 Å². The molecule has 3 heterocycles. The van der Waals surface area contributed by atoms with E-state index in [1.807, 2.05) is 9.80 Å². The van der Waals surface area contributed by atoms with Crippen LogP contribution < -0.4 is 0 Å². The zero-order chi connectivity index (χ0) is 20.4. The quantitative estimate of drug-likeness (QED) is 0.766. The topological polar surface area (TPSA) is 73.6 Å². The van der Waals surface area contributed by atoms with Gasteiger partial charge >= 0.3 is 6.03 Å². The van der Waals surface area contributed by atoms with Gasteiger partial charge in [-0.3, -0.25) is 4.79 Å². The van der Waals surface area contributed by atoms with Crippen molar-refractivity contribution in [1.82, 2.24) is 9.80 Å². The second-order valence-electron chi connectivity index (χ2n) is 8.35. The summed E-state index contributed by atoms with van der Waals surface area (Å²) in [4.78, 5) is 28.4. The van der Waals surface area contributed by atoms with E-state index >= 15 is 0 Å². The van der Waals surface area contributed by atoms with Gasteiger partial charge in [0.25, 0.3) is 0 Å². The van der Waals surface area contributed by atoms with Crippen LogP contribution in [0.15, 0.2) is 24.3 Å². The van der Waals surface area contributed by atoms with Crippen LogP contribution in [-0.2, 0) is 9.53 Å². The maximum Gasteiger partial charge on any atom is 0.320 e. The molecule has 2 amide bonds. The average molecular weight is 399 g/mol. The summed E-state index contributed by atoms with van der Waals surface area (Å²) in [6, 6.07) is 8.53. The lowest BCUT2D eigenvalue weighted by Crippen LogP contribution is -2.54. The molecule has 1 unspecified atom stereocenters. The Hall–Kier alpha value is -2.46. The summed E-state index contributed by atoms with van der Waals surface area (Å²) in [6.07, 6.45) is 2.87. The number of fused-ring (bicyclic) bond motifs is 1. The number of urea groups is 1. The molecule has 6 nitrogen and oxygen atoms in total. The summed E-state index contributed by atoms with van der Waals surface area (Å²) in [5, 5.41) is 9.64. The number of hydrogen-bond donors (Lipinski definition) is 0. The van der Waals surface area contributed by atoms with Crippen molar-refractivity contribution in [3.05, 3.63) is 35.6 Å². The van der Waals surface area contributed by atoms with Gasteiger partial charge in [0.2, 0.25) is 0 Å². The Bertz CT molecular complexity index is 799. The molecule has 1 aromatic carbocycles. The first-order valence-corrected chi connectivity index (χ1v) is 10.4. The van der Waals surface area contributed by atoms with Crippen LogP contribution in [0.3, 0.4) is 0 Å². The summed E-state index contributed by atoms with van der Waals surface area (Å²) in [5.41, 5.74) is 0.836. The third-order valence-electron chi connectivity index (χ3n) is 6.53. The van der Waals surface area contributed by atoms with Crippen LogP contribution in [0, 0.1) is 29.0 Å². The van der Waals surface area contributed by atoms with Gasteiger partial charge in [0.05, 0.1) is 18.1 Å². The number of ether oxygens (including phenoxy) is 1. The first kappa shape index (κ1) is 19.8. The largest absolute Gasteiger partial charge is 0.370 e. The molecular weight excluding hydrogens is 373 g/mol. The smallest absolute Gasteiger partial charge is 0.320 e. The standard InChI is InChI=1S/C22H26FN3O3/c23-18-3-1-15(2-4-18)20(12-24)16-5-8-25(9-6-16)22(28)26-10-7-21-17(13-26)11-19(27)14-29-21/h1-4,16-17,20-21H,5-11,13-14H2/t17-,20?,21+/m1/s1. The number of ketones is 1. The minimum atomic E-state index is -0.306. The van der Waals surface area contributed by atoms with E-state index in [1.165, 1.54) is 12.1 Å². The van der Waals surface area contributed by atoms with E-state index in [2.05, 4.69) is 6.07 Å². The van der Waals surface area contributed by atoms with Crippen molar-refractivity contribution in [1.29, 1.82) is 5.26 Å². The second kappa shape index (κ2) is 8.50. The molecule has 29 heavy (non-hydrogen) atoms. The molecule has 4 rings (SSSR count). The molecule has 3 aliphatic rings. The van der Waals surface area contributed by atoms with Gasteiger partial charge in [-0.05, 0) is 42.9 Å². The van der Waals surface area contributed by atoms with Crippen molar-refractivity contribution in [2.24, 2.45) is 11.8 Å². The summed E-state index contributed by atoms with van der Waals surface area (Å²) in [5.74, 6) is -0.212. The molecule has 3 atom stereocenters. The Kier molecular flexibility index (Phi) is 5.81. The Balaban J connectivity index is 1.33. The minimum absolute atomic E-state index is 0.0233. The Morgan fingerprint density at radius 1 is 1.14 bits per heavy atom. The van der Waals surface area contributed by atoms with Gasteiger partial charge in [0.15, 0.2) is 5.78 Å². The fourth-order valence-electron chi connectivity index (χ4n) is 4.90. The fraction of sp³-hybridized carbons (Fsp3) is 0.591. The average Bonchev–Trinajstić information content (AvgIpc) is 2.75. The van der Waals surface area contributed by atoms with E-state index in [1.54, 1.807) is 12.1 Å². The van der Waals surface area contributed by atoms with Gasteiger partial charge in [0, 0.05) is 38.5 Å². The molecule has 154 valence electrons. The molecule has 3 saturated heterocycles. The number of nitrogens with zero attached hydrogens (tertiary/aromatic N) is 3. The summed E-state index contributed by atoms with van der Waals surface area (Å²) in [6.45, 7) is 2.67. The maximum absolute atomic E-state index is 13.2.